The average Bonchev–Trinajstić information content (AvgIpc) is 2.42. The first-order valence-corrected chi connectivity index (χ1v) is 6.77. The van der Waals surface area contributed by atoms with Crippen LogP contribution in [0.2, 0.25) is 0 Å². The van der Waals surface area contributed by atoms with Crippen molar-refractivity contribution in [3.63, 3.8) is 0 Å². The Morgan fingerprint density at radius 1 is 1.15 bits per heavy atom. The number of hydrogen-bond acceptors (Lipinski definition) is 4. The van der Waals surface area contributed by atoms with E-state index in [1.165, 1.54) is 11.8 Å². The van der Waals surface area contributed by atoms with Gasteiger partial charge in [-0.3, -0.25) is 9.59 Å². The number of carbonyl (C=O) groups excluding carboxylic acids is 1. The molecular weight excluding hydrogens is 280 g/mol. The van der Waals surface area contributed by atoms with Crippen LogP contribution in [0, 0.1) is 0 Å². The topological polar surface area (TPSA) is 91.7 Å². The maximum atomic E-state index is 11.6. The molecule has 0 radical (unpaired) electrons. The van der Waals surface area contributed by atoms with Crippen LogP contribution in [0.4, 0.5) is 0 Å². The summed E-state index contributed by atoms with van der Waals surface area (Å²) in [5.74, 6) is -2.46. The first kappa shape index (κ1) is 16.0. The molecule has 6 heteroatoms. The third-order valence-electron chi connectivity index (χ3n) is 2.44. The first-order valence-electron chi connectivity index (χ1n) is 5.89. The van der Waals surface area contributed by atoms with Crippen molar-refractivity contribution >= 4 is 29.5 Å². The molecule has 5 nitrogen and oxygen atoms in total. The minimum atomic E-state index is -1.18. The second-order valence-corrected chi connectivity index (χ2v) is 5.19. The highest BCUT2D eigenvalue weighted by molar-refractivity contribution is 8.00. The molecule has 0 fully saturated rings. The minimum absolute atomic E-state index is 0.357. The van der Waals surface area contributed by atoms with Crippen LogP contribution in [-0.4, -0.2) is 33.2 Å². The van der Waals surface area contributed by atoms with Crippen LogP contribution in [0.3, 0.4) is 0 Å². The van der Waals surface area contributed by atoms with E-state index in [0.29, 0.717) is 12.0 Å². The van der Waals surface area contributed by atoms with E-state index < -0.39 is 23.0 Å². The summed E-state index contributed by atoms with van der Waals surface area (Å²) in [4.78, 5) is 33.6. The molecule has 1 atom stereocenters. The fraction of sp³-hybridized carbons (Fsp3) is 0.214. The number of carboxylic acid groups (broad SMARTS) is 2. The first-order chi connectivity index (χ1) is 9.43. The van der Waals surface area contributed by atoms with Crippen molar-refractivity contribution in [1.82, 2.24) is 0 Å². The van der Waals surface area contributed by atoms with Gasteiger partial charge in [-0.15, -0.1) is 11.8 Å². The number of ketones is 1. The molecule has 0 spiro atoms. The number of rotatable bonds is 7. The SMILES string of the molecule is CCC(Sc1ccc(C(=O)/C=C/C(=O)O)cc1)C(=O)O. The van der Waals surface area contributed by atoms with E-state index in [1.807, 2.05) is 0 Å². The van der Waals surface area contributed by atoms with E-state index in [1.54, 1.807) is 31.2 Å². The zero-order valence-corrected chi connectivity index (χ0v) is 11.6. The van der Waals surface area contributed by atoms with E-state index in [4.69, 9.17) is 10.2 Å². The van der Waals surface area contributed by atoms with Crippen molar-refractivity contribution in [2.45, 2.75) is 23.5 Å². The lowest BCUT2D eigenvalue weighted by atomic mass is 10.1. The predicted octanol–water partition coefficient (Wildman–Crippen LogP) is 2.47. The molecule has 0 bridgehead atoms. The van der Waals surface area contributed by atoms with Gasteiger partial charge in [0, 0.05) is 16.5 Å². The van der Waals surface area contributed by atoms with Crippen LogP contribution < -0.4 is 0 Å². The summed E-state index contributed by atoms with van der Waals surface area (Å²) in [5, 5.41) is 16.9. The summed E-state index contributed by atoms with van der Waals surface area (Å²) in [6.07, 6.45) is 2.27. The van der Waals surface area contributed by atoms with Gasteiger partial charge in [-0.2, -0.15) is 0 Å². The molecule has 0 aliphatic heterocycles. The van der Waals surface area contributed by atoms with E-state index >= 15 is 0 Å². The highest BCUT2D eigenvalue weighted by Gasteiger charge is 2.16. The number of thioether (sulfide) groups is 1. The zero-order valence-electron chi connectivity index (χ0n) is 10.8. The summed E-state index contributed by atoms with van der Waals surface area (Å²) in [6, 6.07) is 6.40. The molecule has 1 aromatic carbocycles. The van der Waals surface area contributed by atoms with E-state index in [9.17, 15) is 14.4 Å². The molecule has 20 heavy (non-hydrogen) atoms. The fourth-order valence-electron chi connectivity index (χ4n) is 1.41. The molecule has 106 valence electrons. The summed E-state index contributed by atoms with van der Waals surface area (Å²) >= 11 is 1.21. The maximum Gasteiger partial charge on any atom is 0.328 e. The van der Waals surface area contributed by atoms with Gasteiger partial charge in [0.25, 0.3) is 0 Å². The molecule has 1 aromatic rings. The Morgan fingerprint density at radius 3 is 2.20 bits per heavy atom. The number of allylic oxidation sites excluding steroid dienone is 1. The summed E-state index contributed by atoms with van der Waals surface area (Å²) < 4.78 is 0. The van der Waals surface area contributed by atoms with Crippen LogP contribution in [0.25, 0.3) is 0 Å². The molecule has 0 aromatic heterocycles. The van der Waals surface area contributed by atoms with Crippen LogP contribution in [0.15, 0.2) is 41.3 Å². The molecule has 2 N–H and O–H groups in total. The number of hydrogen-bond donors (Lipinski definition) is 2. The highest BCUT2D eigenvalue weighted by Crippen LogP contribution is 2.25. The lowest BCUT2D eigenvalue weighted by molar-refractivity contribution is -0.136. The highest BCUT2D eigenvalue weighted by atomic mass is 32.2. The summed E-state index contributed by atoms with van der Waals surface area (Å²) in [5.41, 5.74) is 0.357. The Hall–Kier alpha value is -2.08. The lowest BCUT2D eigenvalue weighted by Gasteiger charge is -2.09. The van der Waals surface area contributed by atoms with Crippen molar-refractivity contribution in [2.24, 2.45) is 0 Å². The third kappa shape index (κ3) is 4.89. The Morgan fingerprint density at radius 2 is 1.75 bits per heavy atom. The standard InChI is InChI=1S/C14H14O5S/c1-2-12(14(18)19)20-10-5-3-9(4-6-10)11(15)7-8-13(16)17/h3-8,12H,2H2,1H3,(H,16,17)(H,18,19)/b8-7+. The van der Waals surface area contributed by atoms with Gasteiger partial charge < -0.3 is 10.2 Å². The Balaban J connectivity index is 2.76. The average molecular weight is 294 g/mol. The normalized spacial score (nSPS) is 12.2. The largest absolute Gasteiger partial charge is 0.480 e. The molecule has 1 rings (SSSR count). The van der Waals surface area contributed by atoms with E-state index in [-0.39, 0.29) is 0 Å². The van der Waals surface area contributed by atoms with Crippen molar-refractivity contribution in [2.75, 3.05) is 0 Å². The van der Waals surface area contributed by atoms with Gasteiger partial charge in [0.15, 0.2) is 5.78 Å². The van der Waals surface area contributed by atoms with Gasteiger partial charge in [0.05, 0.1) is 0 Å². The van der Waals surface area contributed by atoms with Crippen molar-refractivity contribution in [1.29, 1.82) is 0 Å². The van der Waals surface area contributed by atoms with Crippen LogP contribution in [-0.2, 0) is 9.59 Å². The van der Waals surface area contributed by atoms with Crippen LogP contribution >= 0.6 is 11.8 Å². The number of carbonyl (C=O) groups is 3. The third-order valence-corrected chi connectivity index (χ3v) is 3.80. The summed E-state index contributed by atoms with van der Waals surface area (Å²) in [7, 11) is 0. The van der Waals surface area contributed by atoms with Gasteiger partial charge >= 0.3 is 11.9 Å². The quantitative estimate of drug-likeness (QED) is 0.456. The van der Waals surface area contributed by atoms with Gasteiger partial charge in [0.1, 0.15) is 5.25 Å². The fourth-order valence-corrected chi connectivity index (χ4v) is 2.30. The Labute approximate surface area is 120 Å². The monoisotopic (exact) mass is 294 g/mol. The summed E-state index contributed by atoms with van der Waals surface area (Å²) in [6.45, 7) is 1.79. The number of benzene rings is 1. The van der Waals surface area contributed by atoms with Crippen LogP contribution in [0.5, 0.6) is 0 Å². The van der Waals surface area contributed by atoms with Crippen molar-refractivity contribution in [3.05, 3.63) is 42.0 Å². The number of aliphatic carboxylic acids is 2. The Bertz CT molecular complexity index is 533. The van der Waals surface area contributed by atoms with Gasteiger partial charge in [-0.1, -0.05) is 6.92 Å². The lowest BCUT2D eigenvalue weighted by Crippen LogP contribution is -2.14. The van der Waals surface area contributed by atoms with E-state index in [2.05, 4.69) is 0 Å². The zero-order chi connectivity index (χ0) is 15.1. The molecular formula is C14H14O5S. The molecule has 0 amide bonds. The molecule has 0 heterocycles. The van der Waals surface area contributed by atoms with Crippen molar-refractivity contribution in [3.8, 4) is 0 Å². The Kier molecular flexibility index (Phi) is 5.99. The van der Waals surface area contributed by atoms with Gasteiger partial charge in [-0.25, -0.2) is 4.79 Å². The number of carboxylic acids is 2. The molecule has 0 aliphatic carbocycles. The van der Waals surface area contributed by atoms with E-state index in [0.717, 1.165) is 17.0 Å². The molecule has 0 aliphatic rings. The minimum Gasteiger partial charge on any atom is -0.480 e. The molecule has 1 unspecified atom stereocenters. The second kappa shape index (κ2) is 7.49. The smallest absolute Gasteiger partial charge is 0.328 e. The van der Waals surface area contributed by atoms with Crippen molar-refractivity contribution < 1.29 is 24.6 Å². The molecule has 0 saturated heterocycles. The predicted molar refractivity (Wildman–Crippen MR) is 75.1 cm³/mol. The molecule has 0 saturated carbocycles. The second-order valence-electron chi connectivity index (χ2n) is 3.91. The van der Waals surface area contributed by atoms with Gasteiger partial charge in [-0.05, 0) is 36.8 Å². The van der Waals surface area contributed by atoms with Crippen LogP contribution in [0.1, 0.15) is 23.7 Å². The van der Waals surface area contributed by atoms with Gasteiger partial charge in [0.2, 0.25) is 0 Å². The maximum absolute atomic E-state index is 11.6.